The SMILES string of the molecule is C[C@@H](NC(=O)COc1ccc2c(c1)OCO2)c1cc2ccccc2o1. The normalized spacial score (nSPS) is 13.6. The molecule has 1 aliphatic heterocycles. The molecule has 0 aliphatic carbocycles. The van der Waals surface area contributed by atoms with Crippen LogP contribution < -0.4 is 19.5 Å². The minimum atomic E-state index is -0.250. The topological polar surface area (TPSA) is 69.9 Å². The lowest BCUT2D eigenvalue weighted by molar-refractivity contribution is -0.123. The van der Waals surface area contributed by atoms with Gasteiger partial charge in [-0.25, -0.2) is 0 Å². The second-order valence-corrected chi connectivity index (χ2v) is 5.78. The number of rotatable bonds is 5. The summed E-state index contributed by atoms with van der Waals surface area (Å²) in [4.78, 5) is 12.1. The molecule has 1 aromatic heterocycles. The number of fused-ring (bicyclic) bond motifs is 2. The van der Waals surface area contributed by atoms with E-state index in [1.54, 1.807) is 18.2 Å². The van der Waals surface area contributed by atoms with Crippen LogP contribution in [-0.2, 0) is 4.79 Å². The number of furan rings is 1. The fraction of sp³-hybridized carbons (Fsp3) is 0.211. The van der Waals surface area contributed by atoms with E-state index in [-0.39, 0.29) is 25.3 Å². The van der Waals surface area contributed by atoms with Crippen LogP contribution in [0.5, 0.6) is 17.2 Å². The molecule has 0 bridgehead atoms. The molecule has 6 heteroatoms. The van der Waals surface area contributed by atoms with Gasteiger partial charge in [0, 0.05) is 11.5 Å². The Labute approximate surface area is 144 Å². The number of hydrogen-bond acceptors (Lipinski definition) is 5. The van der Waals surface area contributed by atoms with Crippen LogP contribution in [0.1, 0.15) is 18.7 Å². The van der Waals surface area contributed by atoms with Crippen molar-refractivity contribution in [3.8, 4) is 17.2 Å². The van der Waals surface area contributed by atoms with E-state index < -0.39 is 0 Å². The van der Waals surface area contributed by atoms with Crippen LogP contribution in [0.25, 0.3) is 11.0 Å². The molecule has 128 valence electrons. The zero-order valence-electron chi connectivity index (χ0n) is 13.7. The lowest BCUT2D eigenvalue weighted by atomic mass is 10.2. The van der Waals surface area contributed by atoms with E-state index in [4.69, 9.17) is 18.6 Å². The van der Waals surface area contributed by atoms with Gasteiger partial charge < -0.3 is 23.9 Å². The van der Waals surface area contributed by atoms with Gasteiger partial charge in [-0.2, -0.15) is 0 Å². The highest BCUT2D eigenvalue weighted by Gasteiger charge is 2.16. The summed E-state index contributed by atoms with van der Waals surface area (Å²) in [5.74, 6) is 2.32. The predicted molar refractivity (Wildman–Crippen MR) is 90.8 cm³/mol. The Hall–Kier alpha value is -3.15. The Morgan fingerprint density at radius 2 is 2.00 bits per heavy atom. The van der Waals surface area contributed by atoms with Gasteiger partial charge in [-0.15, -0.1) is 0 Å². The van der Waals surface area contributed by atoms with Gasteiger partial charge in [0.05, 0.1) is 6.04 Å². The quantitative estimate of drug-likeness (QED) is 0.771. The van der Waals surface area contributed by atoms with Crippen LogP contribution in [0.4, 0.5) is 0 Å². The second kappa shape index (κ2) is 6.39. The third-order valence-corrected chi connectivity index (χ3v) is 3.96. The first kappa shape index (κ1) is 15.4. The summed E-state index contributed by atoms with van der Waals surface area (Å²) in [6, 6.07) is 14.6. The number of amides is 1. The van der Waals surface area contributed by atoms with Gasteiger partial charge in [-0.05, 0) is 31.2 Å². The molecule has 2 heterocycles. The third kappa shape index (κ3) is 3.24. The molecule has 1 atom stereocenters. The molecule has 0 saturated carbocycles. The summed E-state index contributed by atoms with van der Waals surface area (Å²) in [5.41, 5.74) is 0.801. The first-order chi connectivity index (χ1) is 12.2. The lowest BCUT2D eigenvalue weighted by Crippen LogP contribution is -2.31. The van der Waals surface area contributed by atoms with Crippen molar-refractivity contribution in [3.05, 3.63) is 54.3 Å². The summed E-state index contributed by atoms with van der Waals surface area (Å²) < 4.78 is 21.8. The van der Waals surface area contributed by atoms with Gasteiger partial charge in [0.25, 0.3) is 5.91 Å². The maximum Gasteiger partial charge on any atom is 0.258 e. The highest BCUT2D eigenvalue weighted by atomic mass is 16.7. The summed E-state index contributed by atoms with van der Waals surface area (Å²) in [5, 5.41) is 3.88. The minimum absolute atomic E-state index is 0.0930. The number of hydrogen-bond donors (Lipinski definition) is 1. The first-order valence-corrected chi connectivity index (χ1v) is 7.99. The molecule has 25 heavy (non-hydrogen) atoms. The zero-order valence-corrected chi connectivity index (χ0v) is 13.7. The Kier molecular flexibility index (Phi) is 3.93. The Morgan fingerprint density at radius 1 is 1.16 bits per heavy atom. The Morgan fingerprint density at radius 3 is 2.88 bits per heavy atom. The molecular formula is C19H17NO5. The average Bonchev–Trinajstić information content (AvgIpc) is 3.25. The average molecular weight is 339 g/mol. The summed E-state index contributed by atoms with van der Waals surface area (Å²) >= 11 is 0. The Balaban J connectivity index is 1.35. The molecule has 0 unspecified atom stereocenters. The molecule has 1 N–H and O–H groups in total. The first-order valence-electron chi connectivity index (χ1n) is 7.99. The zero-order chi connectivity index (χ0) is 17.2. The molecule has 2 aromatic carbocycles. The number of ether oxygens (including phenoxy) is 3. The minimum Gasteiger partial charge on any atom is -0.484 e. The standard InChI is InChI=1S/C19H17NO5/c1-12(17-8-13-4-2-3-5-15(13)25-17)20-19(21)10-22-14-6-7-16-18(9-14)24-11-23-16/h2-9,12H,10-11H2,1H3,(H,20,21)/t12-/m1/s1. The van der Waals surface area contributed by atoms with Gasteiger partial charge in [-0.1, -0.05) is 18.2 Å². The molecular weight excluding hydrogens is 322 g/mol. The Bertz CT molecular complexity index is 884. The monoisotopic (exact) mass is 339 g/mol. The number of carbonyl (C=O) groups is 1. The van der Waals surface area contributed by atoms with E-state index in [1.165, 1.54) is 0 Å². The van der Waals surface area contributed by atoms with Crippen LogP contribution in [0.3, 0.4) is 0 Å². The molecule has 3 aromatic rings. The van der Waals surface area contributed by atoms with Gasteiger partial charge in [0.2, 0.25) is 6.79 Å². The summed E-state index contributed by atoms with van der Waals surface area (Å²) in [6.07, 6.45) is 0. The number of carbonyl (C=O) groups excluding carboxylic acids is 1. The van der Waals surface area contributed by atoms with Crippen LogP contribution in [0.15, 0.2) is 52.9 Å². The summed E-state index contributed by atoms with van der Waals surface area (Å²) in [7, 11) is 0. The van der Waals surface area contributed by atoms with Gasteiger partial charge in [0.1, 0.15) is 17.1 Å². The van der Waals surface area contributed by atoms with Crippen LogP contribution >= 0.6 is 0 Å². The van der Waals surface area contributed by atoms with Crippen LogP contribution in [-0.4, -0.2) is 19.3 Å². The number of para-hydroxylation sites is 1. The molecule has 0 fully saturated rings. The van der Waals surface area contributed by atoms with E-state index in [9.17, 15) is 4.79 Å². The molecule has 1 amide bonds. The van der Waals surface area contributed by atoms with Crippen molar-refractivity contribution in [2.45, 2.75) is 13.0 Å². The van der Waals surface area contributed by atoms with Crippen molar-refractivity contribution in [1.29, 1.82) is 0 Å². The predicted octanol–water partition coefficient (Wildman–Crippen LogP) is 3.42. The number of benzene rings is 2. The highest BCUT2D eigenvalue weighted by Crippen LogP contribution is 2.35. The molecule has 0 spiro atoms. The van der Waals surface area contributed by atoms with Crippen molar-refractivity contribution >= 4 is 16.9 Å². The molecule has 4 rings (SSSR count). The van der Waals surface area contributed by atoms with E-state index in [1.807, 2.05) is 37.3 Å². The molecule has 1 aliphatic rings. The van der Waals surface area contributed by atoms with Gasteiger partial charge in [-0.3, -0.25) is 4.79 Å². The smallest absolute Gasteiger partial charge is 0.258 e. The second-order valence-electron chi connectivity index (χ2n) is 5.78. The lowest BCUT2D eigenvalue weighted by Gasteiger charge is -2.12. The molecule has 0 saturated heterocycles. The van der Waals surface area contributed by atoms with Crippen LogP contribution in [0.2, 0.25) is 0 Å². The maximum absolute atomic E-state index is 12.1. The van der Waals surface area contributed by atoms with Gasteiger partial charge in [0.15, 0.2) is 18.1 Å². The van der Waals surface area contributed by atoms with Crippen LogP contribution in [0, 0.1) is 0 Å². The third-order valence-electron chi connectivity index (χ3n) is 3.96. The van der Waals surface area contributed by atoms with E-state index in [2.05, 4.69) is 5.32 Å². The van der Waals surface area contributed by atoms with Crippen molar-refractivity contribution in [3.63, 3.8) is 0 Å². The van der Waals surface area contributed by atoms with Crippen molar-refractivity contribution < 1.29 is 23.4 Å². The largest absolute Gasteiger partial charge is 0.484 e. The molecule has 0 radical (unpaired) electrons. The van der Waals surface area contributed by atoms with E-state index in [0.717, 1.165) is 11.0 Å². The van der Waals surface area contributed by atoms with Crippen molar-refractivity contribution in [2.24, 2.45) is 0 Å². The maximum atomic E-state index is 12.1. The molecule has 6 nitrogen and oxygen atoms in total. The van der Waals surface area contributed by atoms with Crippen molar-refractivity contribution in [2.75, 3.05) is 13.4 Å². The van der Waals surface area contributed by atoms with Crippen molar-refractivity contribution in [1.82, 2.24) is 5.32 Å². The van der Waals surface area contributed by atoms with E-state index in [0.29, 0.717) is 23.0 Å². The number of nitrogens with one attached hydrogen (secondary N) is 1. The van der Waals surface area contributed by atoms with E-state index >= 15 is 0 Å². The summed E-state index contributed by atoms with van der Waals surface area (Å²) in [6.45, 7) is 1.98. The fourth-order valence-corrected chi connectivity index (χ4v) is 2.69. The van der Waals surface area contributed by atoms with Gasteiger partial charge >= 0.3 is 0 Å². The highest BCUT2D eigenvalue weighted by molar-refractivity contribution is 5.79. The fourth-order valence-electron chi connectivity index (χ4n) is 2.69.